The minimum Gasteiger partial charge on any atom is -0.393 e. The minimum atomic E-state index is -0.293. The maximum Gasteiger partial charge on any atom is 0.226 e. The molecule has 3 rings (SSSR count). The normalized spacial score (nSPS) is 30.6. The number of nitrogens with zero attached hydrogens (tertiary/aromatic N) is 2. The van der Waals surface area contributed by atoms with Gasteiger partial charge in [-0.05, 0) is 48.6 Å². The van der Waals surface area contributed by atoms with Gasteiger partial charge in [0.2, 0.25) is 5.91 Å². The number of rotatable bonds is 2. The Bertz CT molecular complexity index is 558. The molecule has 1 amide bonds. The molecule has 1 aromatic heterocycles. The maximum absolute atomic E-state index is 13.3. The van der Waals surface area contributed by atoms with Gasteiger partial charge in [-0.15, -0.1) is 0 Å². The fourth-order valence-electron chi connectivity index (χ4n) is 4.55. The summed E-state index contributed by atoms with van der Waals surface area (Å²) in [5.41, 5.74) is 1.17. The quantitative estimate of drug-likeness (QED) is 0.904. The third-order valence-electron chi connectivity index (χ3n) is 5.65. The van der Waals surface area contributed by atoms with Crippen LogP contribution in [0.2, 0.25) is 0 Å². The third-order valence-corrected chi connectivity index (χ3v) is 5.65. The number of pyridine rings is 1. The lowest BCUT2D eigenvalue weighted by molar-refractivity contribution is -0.138. The van der Waals surface area contributed by atoms with Crippen LogP contribution in [-0.2, 0) is 4.79 Å². The molecule has 24 heavy (non-hydrogen) atoms. The molecule has 1 saturated heterocycles. The molecule has 2 fully saturated rings. The molecule has 132 valence electrons. The van der Waals surface area contributed by atoms with Gasteiger partial charge in [0.15, 0.2) is 0 Å². The van der Waals surface area contributed by atoms with E-state index in [0.717, 1.165) is 32.2 Å². The van der Waals surface area contributed by atoms with E-state index in [1.807, 2.05) is 17.2 Å². The van der Waals surface area contributed by atoms with Gasteiger partial charge in [-0.3, -0.25) is 9.78 Å². The van der Waals surface area contributed by atoms with Crippen molar-refractivity contribution in [1.29, 1.82) is 0 Å². The molecular weight excluding hydrogens is 300 g/mol. The molecule has 4 heteroatoms. The summed E-state index contributed by atoms with van der Waals surface area (Å²) in [6, 6.07) is 4.08. The molecule has 1 aliphatic heterocycles. The molecule has 3 unspecified atom stereocenters. The van der Waals surface area contributed by atoms with E-state index in [0.29, 0.717) is 13.0 Å². The Hall–Kier alpha value is -1.42. The fourth-order valence-corrected chi connectivity index (χ4v) is 4.55. The van der Waals surface area contributed by atoms with Crippen LogP contribution in [0.4, 0.5) is 0 Å². The Morgan fingerprint density at radius 2 is 2.08 bits per heavy atom. The summed E-state index contributed by atoms with van der Waals surface area (Å²) in [4.78, 5) is 19.6. The molecule has 1 aromatic rings. The van der Waals surface area contributed by atoms with Crippen LogP contribution < -0.4 is 0 Å². The number of aliphatic hydroxyl groups is 1. The lowest BCUT2D eigenvalue weighted by atomic mass is 9.75. The van der Waals surface area contributed by atoms with Crippen LogP contribution in [0.1, 0.15) is 63.9 Å². The zero-order chi connectivity index (χ0) is 17.2. The highest BCUT2D eigenvalue weighted by Gasteiger charge is 2.38. The van der Waals surface area contributed by atoms with E-state index >= 15 is 0 Å². The number of aliphatic hydroxyl groups excluding tert-OH is 1. The van der Waals surface area contributed by atoms with Gasteiger partial charge in [0.25, 0.3) is 0 Å². The number of hydrogen-bond acceptors (Lipinski definition) is 3. The van der Waals surface area contributed by atoms with Crippen molar-refractivity contribution in [2.24, 2.45) is 11.3 Å². The summed E-state index contributed by atoms with van der Waals surface area (Å²) >= 11 is 0. The highest BCUT2D eigenvalue weighted by Crippen LogP contribution is 2.39. The Labute approximate surface area is 145 Å². The van der Waals surface area contributed by atoms with Crippen molar-refractivity contribution in [3.05, 3.63) is 30.1 Å². The average Bonchev–Trinajstić information content (AvgIpc) is 2.72. The number of aromatic nitrogens is 1. The number of carbonyl (C=O) groups is 1. The number of hydrogen-bond donors (Lipinski definition) is 1. The Morgan fingerprint density at radius 1 is 1.29 bits per heavy atom. The van der Waals surface area contributed by atoms with Gasteiger partial charge in [0.1, 0.15) is 0 Å². The van der Waals surface area contributed by atoms with Crippen molar-refractivity contribution in [2.75, 3.05) is 13.1 Å². The van der Waals surface area contributed by atoms with E-state index in [1.165, 1.54) is 12.0 Å². The summed E-state index contributed by atoms with van der Waals surface area (Å²) in [5, 5.41) is 10.1. The largest absolute Gasteiger partial charge is 0.393 e. The predicted octanol–water partition coefficient (Wildman–Crippen LogP) is 3.36. The van der Waals surface area contributed by atoms with Crippen molar-refractivity contribution in [3.8, 4) is 0 Å². The molecule has 1 N–H and O–H groups in total. The van der Waals surface area contributed by atoms with Gasteiger partial charge in [-0.25, -0.2) is 0 Å². The van der Waals surface area contributed by atoms with Crippen LogP contribution in [0.25, 0.3) is 0 Å². The highest BCUT2D eigenvalue weighted by molar-refractivity contribution is 5.80. The van der Waals surface area contributed by atoms with Gasteiger partial charge in [-0.1, -0.05) is 32.8 Å². The SMILES string of the molecule is CC1(C)CC(O)CCN(C(=O)C2CCCCC2c2cccnc2)C1. The number of likely N-dealkylation sites (tertiary alicyclic amines) is 1. The van der Waals surface area contributed by atoms with E-state index in [-0.39, 0.29) is 29.3 Å². The van der Waals surface area contributed by atoms with Gasteiger partial charge in [0, 0.05) is 31.4 Å². The second-order valence-electron chi connectivity index (χ2n) is 8.35. The lowest BCUT2D eigenvalue weighted by Crippen LogP contribution is -2.43. The summed E-state index contributed by atoms with van der Waals surface area (Å²) in [6.45, 7) is 5.74. The van der Waals surface area contributed by atoms with Crippen LogP contribution in [-0.4, -0.2) is 40.1 Å². The molecule has 2 heterocycles. The van der Waals surface area contributed by atoms with Crippen LogP contribution in [0.15, 0.2) is 24.5 Å². The molecule has 0 spiro atoms. The summed E-state index contributed by atoms with van der Waals surface area (Å²) < 4.78 is 0. The van der Waals surface area contributed by atoms with Crippen molar-refractivity contribution >= 4 is 5.91 Å². The van der Waals surface area contributed by atoms with Gasteiger partial charge >= 0.3 is 0 Å². The van der Waals surface area contributed by atoms with Gasteiger partial charge in [-0.2, -0.15) is 0 Å². The topological polar surface area (TPSA) is 53.4 Å². The summed E-state index contributed by atoms with van der Waals surface area (Å²) in [6.07, 6.45) is 9.25. The van der Waals surface area contributed by atoms with E-state index in [1.54, 1.807) is 6.20 Å². The molecule has 3 atom stereocenters. The predicted molar refractivity (Wildman–Crippen MR) is 94.5 cm³/mol. The third kappa shape index (κ3) is 3.97. The Balaban J connectivity index is 1.79. The van der Waals surface area contributed by atoms with Crippen LogP contribution in [0.5, 0.6) is 0 Å². The van der Waals surface area contributed by atoms with Crippen LogP contribution in [0, 0.1) is 11.3 Å². The molecule has 4 nitrogen and oxygen atoms in total. The molecule has 0 aromatic carbocycles. The molecular formula is C20H30N2O2. The average molecular weight is 330 g/mol. The molecule has 0 bridgehead atoms. The second-order valence-corrected chi connectivity index (χ2v) is 8.35. The Morgan fingerprint density at radius 3 is 2.83 bits per heavy atom. The molecule has 0 radical (unpaired) electrons. The maximum atomic E-state index is 13.3. The molecule has 1 aliphatic carbocycles. The zero-order valence-corrected chi connectivity index (χ0v) is 14.9. The van der Waals surface area contributed by atoms with Crippen molar-refractivity contribution in [3.63, 3.8) is 0 Å². The van der Waals surface area contributed by atoms with E-state index in [2.05, 4.69) is 24.9 Å². The first-order chi connectivity index (χ1) is 11.5. The van der Waals surface area contributed by atoms with Gasteiger partial charge < -0.3 is 10.0 Å². The first kappa shape index (κ1) is 17.4. The van der Waals surface area contributed by atoms with E-state index < -0.39 is 0 Å². The van der Waals surface area contributed by atoms with E-state index in [4.69, 9.17) is 0 Å². The minimum absolute atomic E-state index is 0.0238. The van der Waals surface area contributed by atoms with Crippen molar-refractivity contribution in [2.45, 2.75) is 64.4 Å². The summed E-state index contributed by atoms with van der Waals surface area (Å²) in [7, 11) is 0. The monoisotopic (exact) mass is 330 g/mol. The van der Waals surface area contributed by atoms with Gasteiger partial charge in [0.05, 0.1) is 6.10 Å². The van der Waals surface area contributed by atoms with Crippen LogP contribution >= 0.6 is 0 Å². The van der Waals surface area contributed by atoms with Crippen molar-refractivity contribution in [1.82, 2.24) is 9.88 Å². The van der Waals surface area contributed by atoms with Crippen LogP contribution in [0.3, 0.4) is 0 Å². The Kier molecular flexibility index (Phi) is 5.24. The lowest BCUT2D eigenvalue weighted by Gasteiger charge is -2.37. The number of amides is 1. The standard InChI is InChI=1S/C20H30N2O2/c1-20(2)12-16(23)9-11-22(14-20)19(24)18-8-4-3-7-17(18)15-6-5-10-21-13-15/h5-6,10,13,16-18,23H,3-4,7-9,11-12,14H2,1-2H3. The number of carbonyl (C=O) groups excluding carboxylic acids is 1. The highest BCUT2D eigenvalue weighted by atomic mass is 16.3. The smallest absolute Gasteiger partial charge is 0.226 e. The fraction of sp³-hybridized carbons (Fsp3) is 0.700. The first-order valence-electron chi connectivity index (χ1n) is 9.33. The second kappa shape index (κ2) is 7.22. The van der Waals surface area contributed by atoms with Crippen molar-refractivity contribution < 1.29 is 9.90 Å². The molecule has 1 saturated carbocycles. The zero-order valence-electron chi connectivity index (χ0n) is 14.9. The van der Waals surface area contributed by atoms with E-state index in [9.17, 15) is 9.90 Å². The summed E-state index contributed by atoms with van der Waals surface area (Å²) in [5.74, 6) is 0.635. The molecule has 2 aliphatic rings. The first-order valence-corrected chi connectivity index (χ1v) is 9.33.